The van der Waals surface area contributed by atoms with E-state index in [0.717, 1.165) is 29.7 Å². The number of nitrogens with one attached hydrogen (secondary N) is 1. The molecule has 1 amide bonds. The summed E-state index contributed by atoms with van der Waals surface area (Å²) in [4.78, 5) is 17.9. The highest BCUT2D eigenvalue weighted by molar-refractivity contribution is 5.84. The summed E-state index contributed by atoms with van der Waals surface area (Å²) in [6.45, 7) is 5.58. The van der Waals surface area contributed by atoms with E-state index in [4.69, 9.17) is 4.74 Å². The molecule has 0 atom stereocenters. The van der Waals surface area contributed by atoms with E-state index in [1.165, 1.54) is 0 Å². The average molecular weight is 279 g/mol. The van der Waals surface area contributed by atoms with Gasteiger partial charge >= 0.3 is 6.09 Å². The van der Waals surface area contributed by atoms with Crippen LogP contribution in [0.5, 0.6) is 0 Å². The van der Waals surface area contributed by atoms with E-state index in [9.17, 15) is 4.79 Å². The molecule has 0 radical (unpaired) electrons. The van der Waals surface area contributed by atoms with Gasteiger partial charge in [0.05, 0.1) is 5.70 Å². The highest BCUT2D eigenvalue weighted by Crippen LogP contribution is 2.32. The molecule has 112 valence electrons. The number of allylic oxidation sites excluding steroid dienone is 2. The van der Waals surface area contributed by atoms with Gasteiger partial charge in [0.15, 0.2) is 0 Å². The second kappa shape index (κ2) is 6.59. The molecule has 1 aliphatic carbocycles. The number of ether oxygens (including phenoxy) is 1. The Labute approximate surface area is 121 Å². The zero-order valence-electron chi connectivity index (χ0n) is 13.3. The third-order valence-electron chi connectivity index (χ3n) is 2.88. The molecule has 1 aliphatic rings. The molecular formula is C15H25N3O2. The van der Waals surface area contributed by atoms with Crippen molar-refractivity contribution in [3.63, 3.8) is 0 Å². The summed E-state index contributed by atoms with van der Waals surface area (Å²) in [6, 6.07) is 0. The average Bonchev–Trinajstić information content (AvgIpc) is 2.70. The number of likely N-dealkylation sites (N-methyl/N-ethyl adjacent to an activating group) is 1. The molecule has 0 fully saturated rings. The van der Waals surface area contributed by atoms with Crippen LogP contribution in [0.2, 0.25) is 0 Å². The minimum atomic E-state index is -0.504. The van der Waals surface area contributed by atoms with E-state index < -0.39 is 5.60 Å². The second-order valence-electron chi connectivity index (χ2n) is 5.76. The number of rotatable bonds is 3. The second-order valence-corrected chi connectivity index (χ2v) is 5.76. The molecule has 20 heavy (non-hydrogen) atoms. The summed E-state index contributed by atoms with van der Waals surface area (Å²) < 4.78 is 5.43. The Bertz CT molecular complexity index is 456. The van der Waals surface area contributed by atoms with Crippen molar-refractivity contribution in [3.8, 4) is 0 Å². The molecule has 0 aliphatic heterocycles. The van der Waals surface area contributed by atoms with Gasteiger partial charge < -0.3 is 10.1 Å². The predicted octanol–water partition coefficient (Wildman–Crippen LogP) is 2.71. The molecule has 0 spiro atoms. The standard InChI is InChI=1S/C15H25N3O2/c1-15(2,3)20-14(19)18(6)13-11(9-16-4)7-8-12(13)10-17-5/h9-10,16H,7-8H2,1-6H3/b11-9+,17-10?. The van der Waals surface area contributed by atoms with Crippen LogP contribution in [0, 0.1) is 0 Å². The summed E-state index contributed by atoms with van der Waals surface area (Å²) in [6.07, 6.45) is 5.16. The van der Waals surface area contributed by atoms with Crippen LogP contribution in [0.25, 0.3) is 0 Å². The summed E-state index contributed by atoms with van der Waals surface area (Å²) >= 11 is 0. The molecule has 0 saturated heterocycles. The molecule has 1 rings (SSSR count). The van der Waals surface area contributed by atoms with Gasteiger partial charge in [-0.3, -0.25) is 9.89 Å². The first kappa shape index (κ1) is 16.3. The Morgan fingerprint density at radius 2 is 2.05 bits per heavy atom. The van der Waals surface area contributed by atoms with E-state index in [0.29, 0.717) is 0 Å². The third-order valence-corrected chi connectivity index (χ3v) is 2.88. The van der Waals surface area contributed by atoms with Gasteiger partial charge in [0.1, 0.15) is 5.60 Å². The largest absolute Gasteiger partial charge is 0.443 e. The third kappa shape index (κ3) is 4.11. The van der Waals surface area contributed by atoms with Gasteiger partial charge in [-0.05, 0) is 44.8 Å². The van der Waals surface area contributed by atoms with Crippen LogP contribution in [0.1, 0.15) is 33.6 Å². The number of amides is 1. The molecule has 0 unspecified atom stereocenters. The van der Waals surface area contributed by atoms with E-state index in [1.807, 2.05) is 40.2 Å². The highest BCUT2D eigenvalue weighted by atomic mass is 16.6. The summed E-state index contributed by atoms with van der Waals surface area (Å²) in [5.74, 6) is 0. The Morgan fingerprint density at radius 3 is 2.55 bits per heavy atom. The van der Waals surface area contributed by atoms with Crippen LogP contribution >= 0.6 is 0 Å². The molecule has 5 nitrogen and oxygen atoms in total. The monoisotopic (exact) mass is 279 g/mol. The number of hydrogen-bond donors (Lipinski definition) is 1. The summed E-state index contributed by atoms with van der Waals surface area (Å²) in [7, 11) is 5.32. The number of carbonyl (C=O) groups is 1. The lowest BCUT2D eigenvalue weighted by Crippen LogP contribution is -2.34. The van der Waals surface area contributed by atoms with Crippen molar-refractivity contribution in [2.75, 3.05) is 21.1 Å². The van der Waals surface area contributed by atoms with Gasteiger partial charge in [-0.15, -0.1) is 0 Å². The first-order valence-corrected chi connectivity index (χ1v) is 6.79. The van der Waals surface area contributed by atoms with E-state index in [-0.39, 0.29) is 6.09 Å². The van der Waals surface area contributed by atoms with Crippen LogP contribution in [0.4, 0.5) is 4.79 Å². The van der Waals surface area contributed by atoms with Crippen molar-refractivity contribution in [2.45, 2.75) is 39.2 Å². The normalized spacial score (nSPS) is 18.0. The fourth-order valence-corrected chi connectivity index (χ4v) is 2.16. The van der Waals surface area contributed by atoms with Crippen LogP contribution in [-0.2, 0) is 4.74 Å². The smallest absolute Gasteiger partial charge is 0.414 e. The summed E-state index contributed by atoms with van der Waals surface area (Å²) in [5.41, 5.74) is 2.54. The van der Waals surface area contributed by atoms with E-state index in [1.54, 1.807) is 19.0 Å². The molecule has 1 N–H and O–H groups in total. The SMILES string of the molecule is CN=CC1=C(N(C)C(=O)OC(C)(C)C)/C(=C/NC)CC1. The van der Waals surface area contributed by atoms with Crippen LogP contribution < -0.4 is 5.32 Å². The number of aliphatic imine (C=N–C) groups is 1. The van der Waals surface area contributed by atoms with E-state index >= 15 is 0 Å². The van der Waals surface area contributed by atoms with Gasteiger partial charge in [-0.25, -0.2) is 4.79 Å². The lowest BCUT2D eigenvalue weighted by Gasteiger charge is -2.26. The minimum absolute atomic E-state index is 0.349. The van der Waals surface area contributed by atoms with Crippen LogP contribution in [-0.4, -0.2) is 44.0 Å². The van der Waals surface area contributed by atoms with Crippen molar-refractivity contribution < 1.29 is 9.53 Å². The fraction of sp³-hybridized carbons (Fsp3) is 0.600. The zero-order valence-corrected chi connectivity index (χ0v) is 13.3. The molecule has 0 aromatic heterocycles. The lowest BCUT2D eigenvalue weighted by atomic mass is 10.2. The van der Waals surface area contributed by atoms with Crippen molar-refractivity contribution in [1.82, 2.24) is 10.2 Å². The van der Waals surface area contributed by atoms with Crippen molar-refractivity contribution in [1.29, 1.82) is 0 Å². The lowest BCUT2D eigenvalue weighted by molar-refractivity contribution is 0.0357. The van der Waals surface area contributed by atoms with Crippen LogP contribution in [0.15, 0.2) is 28.0 Å². The Kier molecular flexibility index (Phi) is 5.36. The molecule has 5 heteroatoms. The molecule has 0 aromatic rings. The Hall–Kier alpha value is -1.78. The molecule has 0 bridgehead atoms. The molecule has 0 heterocycles. The molecular weight excluding hydrogens is 254 g/mol. The Morgan fingerprint density at radius 1 is 1.40 bits per heavy atom. The van der Waals surface area contributed by atoms with Gasteiger partial charge in [0.2, 0.25) is 0 Å². The maximum atomic E-state index is 12.2. The van der Waals surface area contributed by atoms with Crippen molar-refractivity contribution in [3.05, 3.63) is 23.0 Å². The number of carbonyl (C=O) groups excluding carboxylic acids is 1. The summed E-state index contributed by atoms with van der Waals surface area (Å²) in [5, 5.41) is 3.02. The quantitative estimate of drug-likeness (QED) is 0.808. The topological polar surface area (TPSA) is 53.9 Å². The maximum absolute atomic E-state index is 12.2. The van der Waals surface area contributed by atoms with Crippen LogP contribution in [0.3, 0.4) is 0 Å². The maximum Gasteiger partial charge on any atom is 0.414 e. The van der Waals surface area contributed by atoms with Gasteiger partial charge in [-0.1, -0.05) is 0 Å². The highest BCUT2D eigenvalue weighted by Gasteiger charge is 2.28. The molecule has 0 saturated carbocycles. The van der Waals surface area contributed by atoms with Crippen molar-refractivity contribution >= 4 is 12.3 Å². The minimum Gasteiger partial charge on any atom is -0.443 e. The van der Waals surface area contributed by atoms with Gasteiger partial charge in [0.25, 0.3) is 0 Å². The fourth-order valence-electron chi connectivity index (χ4n) is 2.16. The first-order valence-electron chi connectivity index (χ1n) is 6.79. The predicted molar refractivity (Wildman–Crippen MR) is 81.8 cm³/mol. The first-order chi connectivity index (χ1) is 9.30. The van der Waals surface area contributed by atoms with Gasteiger partial charge in [0, 0.05) is 33.6 Å². The number of nitrogens with zero attached hydrogens (tertiary/aromatic N) is 2. The molecule has 0 aromatic carbocycles. The number of hydrogen-bond acceptors (Lipinski definition) is 4. The van der Waals surface area contributed by atoms with E-state index in [2.05, 4.69) is 10.3 Å². The zero-order chi connectivity index (χ0) is 15.3. The van der Waals surface area contributed by atoms with Gasteiger partial charge in [-0.2, -0.15) is 0 Å². The Balaban J connectivity index is 3.06. The van der Waals surface area contributed by atoms with Crippen molar-refractivity contribution in [2.24, 2.45) is 4.99 Å².